The fourth-order valence-corrected chi connectivity index (χ4v) is 6.40. The molecule has 1 aromatic heterocycles. The minimum absolute atomic E-state index is 0.175. The number of fused-ring (bicyclic) bond motifs is 1. The van der Waals surface area contributed by atoms with Gasteiger partial charge in [-0.2, -0.15) is 0 Å². The van der Waals surface area contributed by atoms with Gasteiger partial charge in [-0.3, -0.25) is 9.36 Å². The quantitative estimate of drug-likeness (QED) is 0.203. The monoisotopic (exact) mass is 646 g/mol. The fourth-order valence-electron chi connectivity index (χ4n) is 4.48. The Labute approximate surface area is 259 Å². The van der Waals surface area contributed by atoms with Crippen molar-refractivity contribution in [3.05, 3.63) is 128 Å². The number of halogens is 4. The lowest BCUT2D eigenvalue weighted by Gasteiger charge is -2.25. The van der Waals surface area contributed by atoms with E-state index in [1.165, 1.54) is 15.9 Å². The maximum atomic E-state index is 14.0. The number of nitrogens with zero attached hydrogens (tertiary/aromatic N) is 2. The molecule has 5 rings (SSSR count). The fraction of sp³-hybridized carbons (Fsp3) is 0.167. The summed E-state index contributed by atoms with van der Waals surface area (Å²) in [4.78, 5) is 32.1. The van der Waals surface area contributed by atoms with Gasteiger partial charge in [0, 0.05) is 31.2 Å². The summed E-state index contributed by atoms with van der Waals surface area (Å²) in [6, 6.07) is 16.6. The van der Waals surface area contributed by atoms with Crippen LogP contribution in [-0.4, -0.2) is 17.1 Å². The zero-order valence-electron chi connectivity index (χ0n) is 21.8. The van der Waals surface area contributed by atoms with E-state index >= 15 is 0 Å². The van der Waals surface area contributed by atoms with E-state index in [0.29, 0.717) is 52.0 Å². The molecule has 0 saturated heterocycles. The smallest absolute Gasteiger partial charge is 0.338 e. The summed E-state index contributed by atoms with van der Waals surface area (Å²) >= 11 is 26.4. The molecule has 0 saturated carbocycles. The molecule has 4 aromatic rings. The van der Waals surface area contributed by atoms with E-state index in [1.54, 1.807) is 80.6 Å². The lowest BCUT2D eigenvalue weighted by molar-refractivity contribution is -0.139. The molecule has 41 heavy (non-hydrogen) atoms. The Morgan fingerprint density at radius 1 is 1.02 bits per heavy atom. The van der Waals surface area contributed by atoms with Crippen LogP contribution in [-0.2, 0) is 16.1 Å². The number of carbonyl (C=O) groups excluding carboxylic acids is 1. The first-order chi connectivity index (χ1) is 19.7. The Kier molecular flexibility index (Phi) is 8.92. The van der Waals surface area contributed by atoms with Crippen molar-refractivity contribution in [3.8, 4) is 5.75 Å². The highest BCUT2D eigenvalue weighted by atomic mass is 35.5. The SMILES string of the molecule is CCOC(=O)C1=C(C)N=c2s/c(=C\c3cc(Cl)ccc3OCc3ccc(Cl)cc3Cl)c(=O)n2[C@H]1c1ccccc1Cl. The van der Waals surface area contributed by atoms with Crippen molar-refractivity contribution in [2.75, 3.05) is 6.61 Å². The first-order valence-corrected chi connectivity index (χ1v) is 14.8. The van der Waals surface area contributed by atoms with Gasteiger partial charge in [0.1, 0.15) is 18.4 Å². The molecule has 0 unspecified atom stereocenters. The molecule has 2 heterocycles. The predicted molar refractivity (Wildman–Crippen MR) is 164 cm³/mol. The standard InChI is InChI=1S/C30H22Cl4N2O4S/c1-3-39-29(38)26-16(2)35-30-36(27(26)21-6-4-5-7-22(21)33)28(37)25(41-30)13-18-12-19(31)10-11-24(18)40-15-17-8-9-20(32)14-23(17)34/h4-14,27H,3,15H2,1-2H3/b25-13-/t27-/m0/s1. The number of ether oxygens (including phenoxy) is 2. The highest BCUT2D eigenvalue weighted by Gasteiger charge is 2.34. The predicted octanol–water partition coefficient (Wildman–Crippen LogP) is 6.99. The largest absolute Gasteiger partial charge is 0.488 e. The van der Waals surface area contributed by atoms with E-state index < -0.39 is 12.0 Å². The molecule has 0 N–H and O–H groups in total. The summed E-state index contributed by atoms with van der Waals surface area (Å²) in [7, 11) is 0. The molecule has 11 heteroatoms. The molecule has 1 aliphatic heterocycles. The van der Waals surface area contributed by atoms with E-state index in [4.69, 9.17) is 55.9 Å². The third kappa shape index (κ3) is 6.10. The molecular formula is C30H22Cl4N2O4S. The summed E-state index contributed by atoms with van der Waals surface area (Å²) in [5.41, 5.74) is 2.28. The van der Waals surface area contributed by atoms with Gasteiger partial charge in [-0.25, -0.2) is 9.79 Å². The molecule has 1 aliphatic rings. The Morgan fingerprint density at radius 3 is 2.49 bits per heavy atom. The van der Waals surface area contributed by atoms with E-state index in [1.807, 2.05) is 0 Å². The van der Waals surface area contributed by atoms with Gasteiger partial charge in [-0.15, -0.1) is 0 Å². The summed E-state index contributed by atoms with van der Waals surface area (Å²) in [6.45, 7) is 3.79. The molecule has 210 valence electrons. The molecule has 0 spiro atoms. The summed E-state index contributed by atoms with van der Waals surface area (Å²) in [5.74, 6) is -0.0587. The van der Waals surface area contributed by atoms with Crippen LogP contribution in [0.4, 0.5) is 0 Å². The Balaban J connectivity index is 1.62. The van der Waals surface area contributed by atoms with Gasteiger partial charge in [0.25, 0.3) is 5.56 Å². The Bertz CT molecular complexity index is 1880. The van der Waals surface area contributed by atoms with E-state index in [0.717, 1.165) is 5.56 Å². The number of benzene rings is 3. The van der Waals surface area contributed by atoms with Crippen LogP contribution in [0.5, 0.6) is 5.75 Å². The van der Waals surface area contributed by atoms with Gasteiger partial charge < -0.3 is 9.47 Å². The minimum Gasteiger partial charge on any atom is -0.488 e. The first-order valence-electron chi connectivity index (χ1n) is 12.5. The number of allylic oxidation sites excluding steroid dienone is 1. The molecule has 0 amide bonds. The normalized spacial score (nSPS) is 15.0. The van der Waals surface area contributed by atoms with Crippen LogP contribution in [0.15, 0.2) is 81.7 Å². The van der Waals surface area contributed by atoms with Crippen molar-refractivity contribution >= 4 is 69.8 Å². The Hall–Kier alpha value is -3.07. The first kappa shape index (κ1) is 29.4. The number of esters is 1. The molecule has 3 aromatic carbocycles. The van der Waals surface area contributed by atoms with Crippen molar-refractivity contribution in [3.63, 3.8) is 0 Å². The van der Waals surface area contributed by atoms with Gasteiger partial charge >= 0.3 is 5.97 Å². The molecule has 6 nitrogen and oxygen atoms in total. The number of carbonyl (C=O) groups is 1. The van der Waals surface area contributed by atoms with Gasteiger partial charge in [0.15, 0.2) is 4.80 Å². The van der Waals surface area contributed by atoms with Crippen molar-refractivity contribution < 1.29 is 14.3 Å². The number of thiazole rings is 1. The van der Waals surface area contributed by atoms with Crippen LogP contribution in [0.1, 0.15) is 36.6 Å². The van der Waals surface area contributed by atoms with Crippen LogP contribution in [0, 0.1) is 0 Å². The lowest BCUT2D eigenvalue weighted by atomic mass is 9.96. The van der Waals surface area contributed by atoms with Crippen LogP contribution in [0.3, 0.4) is 0 Å². The number of aromatic nitrogens is 1. The topological polar surface area (TPSA) is 69.9 Å². The van der Waals surface area contributed by atoms with Crippen LogP contribution in [0.25, 0.3) is 6.08 Å². The second-order valence-corrected chi connectivity index (χ2v) is 11.7. The Morgan fingerprint density at radius 2 is 1.76 bits per heavy atom. The minimum atomic E-state index is -0.816. The van der Waals surface area contributed by atoms with E-state index in [-0.39, 0.29) is 24.3 Å². The van der Waals surface area contributed by atoms with Crippen molar-refractivity contribution in [2.45, 2.75) is 26.5 Å². The van der Waals surface area contributed by atoms with Crippen molar-refractivity contribution in [1.82, 2.24) is 4.57 Å². The number of hydrogen-bond donors (Lipinski definition) is 0. The molecule has 0 radical (unpaired) electrons. The maximum absolute atomic E-state index is 14.0. The molecular weight excluding hydrogens is 626 g/mol. The molecule has 1 atom stereocenters. The van der Waals surface area contributed by atoms with E-state index in [2.05, 4.69) is 4.99 Å². The van der Waals surface area contributed by atoms with Gasteiger partial charge in [0.05, 0.1) is 22.4 Å². The second-order valence-electron chi connectivity index (χ2n) is 9.03. The summed E-state index contributed by atoms with van der Waals surface area (Å²) in [6.07, 6.45) is 1.70. The zero-order valence-corrected chi connectivity index (χ0v) is 25.6. The lowest BCUT2D eigenvalue weighted by Crippen LogP contribution is -2.40. The molecule has 0 fully saturated rings. The zero-order chi connectivity index (χ0) is 29.3. The summed E-state index contributed by atoms with van der Waals surface area (Å²) in [5, 5.41) is 1.89. The van der Waals surface area contributed by atoms with Crippen molar-refractivity contribution in [1.29, 1.82) is 0 Å². The highest BCUT2D eigenvalue weighted by Crippen LogP contribution is 2.34. The average molecular weight is 648 g/mol. The number of rotatable bonds is 7. The molecule has 0 bridgehead atoms. The molecule has 0 aliphatic carbocycles. The maximum Gasteiger partial charge on any atom is 0.338 e. The van der Waals surface area contributed by atoms with Crippen LogP contribution >= 0.6 is 57.7 Å². The summed E-state index contributed by atoms with van der Waals surface area (Å²) < 4.78 is 13.3. The average Bonchev–Trinajstić information content (AvgIpc) is 3.23. The van der Waals surface area contributed by atoms with Crippen LogP contribution in [0.2, 0.25) is 20.1 Å². The third-order valence-electron chi connectivity index (χ3n) is 6.37. The van der Waals surface area contributed by atoms with Crippen LogP contribution < -0.4 is 19.6 Å². The van der Waals surface area contributed by atoms with Crippen molar-refractivity contribution in [2.24, 2.45) is 4.99 Å². The van der Waals surface area contributed by atoms with Gasteiger partial charge in [-0.1, -0.05) is 82.0 Å². The highest BCUT2D eigenvalue weighted by molar-refractivity contribution is 7.07. The number of hydrogen-bond acceptors (Lipinski definition) is 6. The second kappa shape index (κ2) is 12.4. The van der Waals surface area contributed by atoms with E-state index in [9.17, 15) is 9.59 Å². The van der Waals surface area contributed by atoms with Gasteiger partial charge in [-0.05, 0) is 61.9 Å². The third-order valence-corrected chi connectivity index (χ3v) is 8.52. The van der Waals surface area contributed by atoms with Gasteiger partial charge in [0.2, 0.25) is 0 Å².